The summed E-state index contributed by atoms with van der Waals surface area (Å²) in [7, 11) is 0. The quantitative estimate of drug-likeness (QED) is 0.436. The van der Waals surface area contributed by atoms with E-state index in [1.165, 1.54) is 21.9 Å². The summed E-state index contributed by atoms with van der Waals surface area (Å²) in [5.74, 6) is 1.01. The lowest BCUT2D eigenvalue weighted by Crippen LogP contribution is -1.93. The van der Waals surface area contributed by atoms with Gasteiger partial charge in [-0.3, -0.25) is 4.40 Å². The van der Waals surface area contributed by atoms with Crippen LogP contribution in [0.2, 0.25) is 0 Å². The molecular weight excluding hydrogens is 316 g/mol. The monoisotopic (exact) mass is 334 g/mol. The maximum Gasteiger partial charge on any atom is 0.141 e. The summed E-state index contributed by atoms with van der Waals surface area (Å²) in [6, 6.07) is 21.2. The van der Waals surface area contributed by atoms with Gasteiger partial charge in [0.2, 0.25) is 0 Å². The van der Waals surface area contributed by atoms with Crippen molar-refractivity contribution in [3.05, 3.63) is 103 Å². The van der Waals surface area contributed by atoms with E-state index in [1.54, 1.807) is 0 Å². The number of hydrogen-bond acceptors (Lipinski definition) is 1. The second-order valence-electron chi connectivity index (χ2n) is 6.48. The molecule has 2 heteroatoms. The SMILES string of the molecule is C1=CC=C(c2nc(-c3ccccc3)c3c4ccccc4ccn23)CC=C1. The zero-order valence-electron chi connectivity index (χ0n) is 14.3. The number of hydrogen-bond donors (Lipinski definition) is 0. The lowest BCUT2D eigenvalue weighted by molar-refractivity contribution is 1.09. The molecule has 0 fully saturated rings. The standard InChI is InChI=1S/C24H18N2/c1-2-5-14-20(13-4-1)24-25-22(19-11-6-3-7-12-19)23-21-15-9-8-10-18(21)16-17-26(23)24/h1-13,15-17H,14H2. The fraction of sp³-hybridized carbons (Fsp3) is 0.0417. The van der Waals surface area contributed by atoms with E-state index < -0.39 is 0 Å². The van der Waals surface area contributed by atoms with Crippen molar-refractivity contribution in [3.63, 3.8) is 0 Å². The Bertz CT molecular complexity index is 1190. The van der Waals surface area contributed by atoms with Crippen molar-refractivity contribution in [2.24, 2.45) is 0 Å². The maximum absolute atomic E-state index is 5.10. The van der Waals surface area contributed by atoms with E-state index in [0.717, 1.165) is 23.5 Å². The van der Waals surface area contributed by atoms with Gasteiger partial charge in [0.05, 0.1) is 11.2 Å². The minimum Gasteiger partial charge on any atom is -0.299 e. The van der Waals surface area contributed by atoms with Crippen molar-refractivity contribution in [3.8, 4) is 11.3 Å². The molecule has 2 heterocycles. The Morgan fingerprint density at radius 3 is 2.58 bits per heavy atom. The van der Waals surface area contributed by atoms with Crippen LogP contribution in [0.3, 0.4) is 0 Å². The molecule has 1 aliphatic carbocycles. The van der Waals surface area contributed by atoms with Gasteiger partial charge in [-0.2, -0.15) is 0 Å². The van der Waals surface area contributed by atoms with Gasteiger partial charge in [0.25, 0.3) is 0 Å². The van der Waals surface area contributed by atoms with Crippen LogP contribution in [-0.4, -0.2) is 9.38 Å². The highest BCUT2D eigenvalue weighted by Crippen LogP contribution is 2.33. The fourth-order valence-electron chi connectivity index (χ4n) is 3.62. The summed E-state index contributed by atoms with van der Waals surface area (Å²) in [6.45, 7) is 0. The molecule has 0 spiro atoms. The normalized spacial score (nSPS) is 13.9. The van der Waals surface area contributed by atoms with E-state index >= 15 is 0 Å². The highest BCUT2D eigenvalue weighted by atomic mass is 15.0. The third-order valence-corrected chi connectivity index (χ3v) is 4.86. The zero-order valence-corrected chi connectivity index (χ0v) is 14.3. The van der Waals surface area contributed by atoms with Crippen molar-refractivity contribution < 1.29 is 0 Å². The minimum atomic E-state index is 0.882. The van der Waals surface area contributed by atoms with E-state index in [9.17, 15) is 0 Å². The summed E-state index contributed by atoms with van der Waals surface area (Å²) in [5, 5.41) is 2.46. The van der Waals surface area contributed by atoms with Crippen LogP contribution < -0.4 is 0 Å². The molecule has 2 nitrogen and oxygen atoms in total. The molecule has 4 aromatic rings. The molecule has 0 aliphatic heterocycles. The van der Waals surface area contributed by atoms with Crippen LogP contribution in [-0.2, 0) is 0 Å². The van der Waals surface area contributed by atoms with Gasteiger partial charge < -0.3 is 0 Å². The molecule has 0 saturated carbocycles. The second-order valence-corrected chi connectivity index (χ2v) is 6.48. The van der Waals surface area contributed by atoms with Crippen LogP contribution in [0.25, 0.3) is 33.1 Å². The van der Waals surface area contributed by atoms with Crippen LogP contribution in [0.1, 0.15) is 12.2 Å². The Morgan fingerprint density at radius 1 is 0.808 bits per heavy atom. The Kier molecular flexibility index (Phi) is 3.53. The molecule has 26 heavy (non-hydrogen) atoms. The van der Waals surface area contributed by atoms with E-state index in [4.69, 9.17) is 4.98 Å². The highest BCUT2D eigenvalue weighted by molar-refractivity contribution is 6.03. The van der Waals surface area contributed by atoms with Crippen LogP contribution >= 0.6 is 0 Å². The molecule has 2 aromatic carbocycles. The highest BCUT2D eigenvalue weighted by Gasteiger charge is 2.17. The average molecular weight is 334 g/mol. The van der Waals surface area contributed by atoms with Crippen LogP contribution in [0.15, 0.2) is 97.2 Å². The molecule has 0 amide bonds. The smallest absolute Gasteiger partial charge is 0.141 e. The first kappa shape index (κ1) is 14.9. The fourth-order valence-corrected chi connectivity index (χ4v) is 3.62. The molecule has 5 rings (SSSR count). The molecule has 0 saturated heterocycles. The van der Waals surface area contributed by atoms with Gasteiger partial charge in [-0.05, 0) is 23.4 Å². The summed E-state index contributed by atoms with van der Waals surface area (Å²) in [6.07, 6.45) is 13.6. The summed E-state index contributed by atoms with van der Waals surface area (Å²) in [4.78, 5) is 5.10. The Labute approximate surface area is 152 Å². The van der Waals surface area contributed by atoms with E-state index in [0.29, 0.717) is 0 Å². The molecule has 0 radical (unpaired) electrons. The molecule has 0 atom stereocenters. The lowest BCUT2D eigenvalue weighted by Gasteiger charge is -2.06. The Balaban J connectivity index is 1.88. The first-order chi connectivity index (χ1) is 12.9. The van der Waals surface area contributed by atoms with Gasteiger partial charge in [-0.1, -0.05) is 85.0 Å². The molecule has 1 aliphatic rings. The molecule has 0 unspecified atom stereocenters. The lowest BCUT2D eigenvalue weighted by atomic mass is 10.1. The van der Waals surface area contributed by atoms with Gasteiger partial charge in [-0.15, -0.1) is 0 Å². The average Bonchev–Trinajstić information content (AvgIpc) is 2.89. The third kappa shape index (κ3) is 2.39. The number of imidazole rings is 1. The van der Waals surface area contributed by atoms with Gasteiger partial charge >= 0.3 is 0 Å². The van der Waals surface area contributed by atoms with Crippen molar-refractivity contribution in [1.29, 1.82) is 0 Å². The Hall–Kier alpha value is -3.39. The summed E-state index contributed by atoms with van der Waals surface area (Å²) < 4.78 is 2.24. The number of fused-ring (bicyclic) bond motifs is 3. The van der Waals surface area contributed by atoms with Gasteiger partial charge in [0, 0.05) is 17.1 Å². The van der Waals surface area contributed by atoms with E-state index in [1.807, 2.05) is 6.07 Å². The molecule has 124 valence electrons. The topological polar surface area (TPSA) is 17.3 Å². The zero-order chi connectivity index (χ0) is 17.3. The summed E-state index contributed by atoms with van der Waals surface area (Å²) >= 11 is 0. The largest absolute Gasteiger partial charge is 0.299 e. The van der Waals surface area contributed by atoms with Crippen LogP contribution in [0.5, 0.6) is 0 Å². The van der Waals surface area contributed by atoms with Gasteiger partial charge in [-0.25, -0.2) is 4.98 Å². The van der Waals surface area contributed by atoms with E-state index in [2.05, 4.69) is 95.6 Å². The molecule has 0 N–H and O–H groups in total. The molecule has 2 aromatic heterocycles. The van der Waals surface area contributed by atoms with Crippen molar-refractivity contribution in [1.82, 2.24) is 9.38 Å². The number of aromatic nitrogens is 2. The third-order valence-electron chi connectivity index (χ3n) is 4.86. The number of rotatable bonds is 2. The first-order valence-electron chi connectivity index (χ1n) is 8.90. The van der Waals surface area contributed by atoms with Crippen LogP contribution in [0.4, 0.5) is 0 Å². The van der Waals surface area contributed by atoms with Crippen molar-refractivity contribution in [2.75, 3.05) is 0 Å². The summed E-state index contributed by atoms with van der Waals surface area (Å²) in [5.41, 5.74) is 4.58. The minimum absolute atomic E-state index is 0.882. The van der Waals surface area contributed by atoms with Gasteiger partial charge in [0.15, 0.2) is 0 Å². The molecular formula is C24H18N2. The number of pyridine rings is 1. The number of benzene rings is 2. The van der Waals surface area contributed by atoms with Gasteiger partial charge in [0.1, 0.15) is 5.82 Å². The second kappa shape index (κ2) is 6.16. The predicted molar refractivity (Wildman–Crippen MR) is 109 cm³/mol. The van der Waals surface area contributed by atoms with Crippen LogP contribution in [0, 0.1) is 0 Å². The van der Waals surface area contributed by atoms with Crippen molar-refractivity contribution >= 4 is 21.9 Å². The van der Waals surface area contributed by atoms with E-state index in [-0.39, 0.29) is 0 Å². The Morgan fingerprint density at radius 2 is 1.65 bits per heavy atom. The maximum atomic E-state index is 5.10. The van der Waals surface area contributed by atoms with Crippen molar-refractivity contribution in [2.45, 2.75) is 6.42 Å². The molecule has 0 bridgehead atoms. The first-order valence-corrected chi connectivity index (χ1v) is 8.90. The number of allylic oxidation sites excluding steroid dienone is 6. The predicted octanol–water partition coefficient (Wildman–Crippen LogP) is 6.05. The number of nitrogens with zero attached hydrogens (tertiary/aromatic N) is 2.